The van der Waals surface area contributed by atoms with Gasteiger partial charge < -0.3 is 20.5 Å². The Morgan fingerprint density at radius 3 is 2.44 bits per heavy atom. The van der Waals surface area contributed by atoms with Gasteiger partial charge in [-0.3, -0.25) is 14.4 Å². The van der Waals surface area contributed by atoms with Gasteiger partial charge in [0.15, 0.2) is 0 Å². The SMILES string of the molecule is O=C1Cn2c(C(=O)NCC(F)F)cc(NC(=O)c3cc(F)cc(C(F)(F)F)c3)c2C(c2cc(F)ccc2Cl)N1. The molecule has 0 spiro atoms. The van der Waals surface area contributed by atoms with E-state index in [4.69, 9.17) is 11.6 Å². The van der Waals surface area contributed by atoms with Crippen molar-refractivity contribution in [3.05, 3.63) is 87.2 Å². The third-order valence-electron chi connectivity index (χ3n) is 5.67. The lowest BCUT2D eigenvalue weighted by molar-refractivity contribution is -0.137. The Kier molecular flexibility index (Phi) is 7.59. The number of nitrogens with zero attached hydrogens (tertiary/aromatic N) is 1. The zero-order valence-corrected chi connectivity index (χ0v) is 20.1. The number of anilines is 1. The number of halogens is 8. The maximum absolute atomic E-state index is 14.1. The van der Waals surface area contributed by atoms with E-state index in [9.17, 15) is 45.1 Å². The van der Waals surface area contributed by atoms with Crippen LogP contribution in [-0.4, -0.2) is 35.3 Å². The number of rotatable bonds is 6. The molecule has 1 aromatic heterocycles. The summed E-state index contributed by atoms with van der Waals surface area (Å²) in [6.07, 6.45) is -7.88. The summed E-state index contributed by atoms with van der Waals surface area (Å²) in [6.45, 7) is -1.58. The van der Waals surface area contributed by atoms with Crippen LogP contribution in [-0.2, 0) is 17.5 Å². The highest BCUT2D eigenvalue weighted by Gasteiger charge is 2.36. The third-order valence-corrected chi connectivity index (χ3v) is 6.02. The summed E-state index contributed by atoms with van der Waals surface area (Å²) in [4.78, 5) is 38.1. The summed E-state index contributed by atoms with van der Waals surface area (Å²) in [6, 6.07) is 4.04. The van der Waals surface area contributed by atoms with Crippen molar-refractivity contribution in [2.75, 3.05) is 11.9 Å². The van der Waals surface area contributed by atoms with Crippen LogP contribution in [0.15, 0.2) is 42.5 Å². The van der Waals surface area contributed by atoms with Crippen LogP contribution in [0.4, 0.5) is 36.4 Å². The van der Waals surface area contributed by atoms with Crippen molar-refractivity contribution in [3.63, 3.8) is 0 Å². The molecule has 0 aliphatic carbocycles. The molecule has 3 aromatic rings. The van der Waals surface area contributed by atoms with E-state index in [1.165, 1.54) is 6.07 Å². The van der Waals surface area contributed by atoms with Crippen molar-refractivity contribution < 1.29 is 45.1 Å². The van der Waals surface area contributed by atoms with Crippen LogP contribution in [0.25, 0.3) is 0 Å². The van der Waals surface area contributed by atoms with Crippen molar-refractivity contribution in [1.82, 2.24) is 15.2 Å². The zero-order valence-electron chi connectivity index (χ0n) is 19.3. The molecule has 1 aliphatic heterocycles. The van der Waals surface area contributed by atoms with Gasteiger partial charge in [0.25, 0.3) is 18.2 Å². The minimum atomic E-state index is -4.97. The van der Waals surface area contributed by atoms with E-state index in [-0.39, 0.29) is 33.7 Å². The van der Waals surface area contributed by atoms with Gasteiger partial charge in [-0.25, -0.2) is 17.6 Å². The summed E-state index contributed by atoms with van der Waals surface area (Å²) in [5.74, 6) is -5.09. The smallest absolute Gasteiger partial charge is 0.345 e. The fraction of sp³-hybridized carbons (Fsp3) is 0.208. The van der Waals surface area contributed by atoms with Crippen molar-refractivity contribution in [1.29, 1.82) is 0 Å². The van der Waals surface area contributed by atoms with Crippen molar-refractivity contribution in [2.24, 2.45) is 0 Å². The number of amides is 3. The number of alkyl halides is 5. The number of fused-ring (bicyclic) bond motifs is 1. The first-order chi connectivity index (χ1) is 18.2. The predicted octanol–water partition coefficient (Wildman–Crippen LogP) is 4.90. The second kappa shape index (κ2) is 10.6. The number of nitrogens with one attached hydrogen (secondary N) is 3. The number of hydrogen-bond donors (Lipinski definition) is 3. The molecule has 0 bridgehead atoms. The number of hydrogen-bond acceptors (Lipinski definition) is 3. The molecule has 4 rings (SSSR count). The van der Waals surface area contributed by atoms with Gasteiger partial charge in [-0.05, 0) is 42.5 Å². The molecule has 1 unspecified atom stereocenters. The summed E-state index contributed by atoms with van der Waals surface area (Å²) >= 11 is 6.20. The van der Waals surface area contributed by atoms with Gasteiger partial charge in [0.1, 0.15) is 23.9 Å². The molecule has 0 fully saturated rings. The molecule has 2 heterocycles. The Balaban J connectivity index is 1.83. The third kappa shape index (κ3) is 6.00. The standard InChI is InChI=1S/C24H16ClF7N4O3/c25-15-2-1-12(26)6-14(15)20-21-16(34-22(38)10-3-11(24(30,31)32)5-13(27)4-10)7-17(23(39)33-8-18(28)29)36(21)9-19(37)35-20/h1-7,18,20H,8-9H2,(H,33,39)(H,34,38)(H,35,37). The maximum Gasteiger partial charge on any atom is 0.416 e. The van der Waals surface area contributed by atoms with Gasteiger partial charge in [-0.15, -0.1) is 0 Å². The first-order valence-corrected chi connectivity index (χ1v) is 11.4. The second-order valence-corrected chi connectivity index (χ2v) is 8.77. The first kappa shape index (κ1) is 28.0. The molecular weight excluding hydrogens is 561 g/mol. The quantitative estimate of drug-likeness (QED) is 0.365. The summed E-state index contributed by atoms with van der Waals surface area (Å²) in [5, 5.41) is 6.72. The van der Waals surface area contributed by atoms with Crippen LogP contribution in [0.1, 0.15) is 43.7 Å². The largest absolute Gasteiger partial charge is 0.416 e. The van der Waals surface area contributed by atoms with Crippen molar-refractivity contribution in [2.45, 2.75) is 25.2 Å². The van der Waals surface area contributed by atoms with E-state index in [1.54, 1.807) is 0 Å². The van der Waals surface area contributed by atoms with Crippen LogP contribution >= 0.6 is 11.6 Å². The molecule has 15 heteroatoms. The summed E-state index contributed by atoms with van der Waals surface area (Å²) in [5.41, 5.74) is -2.87. The first-order valence-electron chi connectivity index (χ1n) is 11.0. The highest BCUT2D eigenvalue weighted by Crippen LogP contribution is 2.38. The molecule has 0 radical (unpaired) electrons. The second-order valence-electron chi connectivity index (χ2n) is 8.36. The Morgan fingerprint density at radius 2 is 1.77 bits per heavy atom. The van der Waals surface area contributed by atoms with E-state index in [0.29, 0.717) is 12.1 Å². The number of carbonyl (C=O) groups is 3. The van der Waals surface area contributed by atoms with E-state index in [1.807, 2.05) is 5.32 Å². The molecular formula is C24H16ClF7N4O3. The van der Waals surface area contributed by atoms with Gasteiger partial charge >= 0.3 is 6.18 Å². The molecule has 3 amide bonds. The Morgan fingerprint density at radius 1 is 1.05 bits per heavy atom. The minimum Gasteiger partial charge on any atom is -0.345 e. The van der Waals surface area contributed by atoms with Crippen LogP contribution in [0.3, 0.4) is 0 Å². The zero-order chi connectivity index (χ0) is 28.6. The summed E-state index contributed by atoms with van der Waals surface area (Å²) in [7, 11) is 0. The van der Waals surface area contributed by atoms with Crippen molar-refractivity contribution in [3.8, 4) is 0 Å². The topological polar surface area (TPSA) is 92.2 Å². The van der Waals surface area contributed by atoms with Crippen LogP contribution < -0.4 is 16.0 Å². The molecule has 1 atom stereocenters. The van der Waals surface area contributed by atoms with Crippen LogP contribution in [0.2, 0.25) is 5.02 Å². The number of benzene rings is 2. The molecule has 3 N–H and O–H groups in total. The molecule has 206 valence electrons. The van der Waals surface area contributed by atoms with Crippen LogP contribution in [0.5, 0.6) is 0 Å². The monoisotopic (exact) mass is 576 g/mol. The Labute approximate surface area is 219 Å². The van der Waals surface area contributed by atoms with E-state index < -0.39 is 72.2 Å². The Hall–Kier alpha value is -4.07. The lowest BCUT2D eigenvalue weighted by Crippen LogP contribution is -2.41. The average molecular weight is 577 g/mol. The average Bonchev–Trinajstić information content (AvgIpc) is 3.20. The van der Waals surface area contributed by atoms with Gasteiger partial charge in [0, 0.05) is 16.1 Å². The Bertz CT molecular complexity index is 1470. The molecule has 1 aliphatic rings. The van der Waals surface area contributed by atoms with E-state index in [2.05, 4.69) is 10.6 Å². The van der Waals surface area contributed by atoms with E-state index in [0.717, 1.165) is 22.8 Å². The minimum absolute atomic E-state index is 0.00998. The molecule has 7 nitrogen and oxygen atoms in total. The van der Waals surface area contributed by atoms with Crippen LogP contribution in [0, 0.1) is 11.6 Å². The van der Waals surface area contributed by atoms with Gasteiger partial charge in [0.05, 0.1) is 29.5 Å². The van der Waals surface area contributed by atoms with E-state index >= 15 is 0 Å². The predicted molar refractivity (Wildman–Crippen MR) is 124 cm³/mol. The molecule has 0 saturated carbocycles. The summed E-state index contributed by atoms with van der Waals surface area (Å²) < 4.78 is 93.9. The molecule has 39 heavy (non-hydrogen) atoms. The fourth-order valence-corrected chi connectivity index (χ4v) is 4.28. The van der Waals surface area contributed by atoms with Gasteiger partial charge in [0.2, 0.25) is 5.91 Å². The van der Waals surface area contributed by atoms with Gasteiger partial charge in [-0.2, -0.15) is 13.2 Å². The molecule has 0 saturated heterocycles. The highest BCUT2D eigenvalue weighted by molar-refractivity contribution is 6.31. The van der Waals surface area contributed by atoms with Gasteiger partial charge in [-0.1, -0.05) is 11.6 Å². The molecule has 2 aromatic carbocycles. The highest BCUT2D eigenvalue weighted by atomic mass is 35.5. The fourth-order valence-electron chi connectivity index (χ4n) is 4.05. The number of carbonyl (C=O) groups excluding carboxylic acids is 3. The lowest BCUT2D eigenvalue weighted by atomic mass is 10.0. The van der Waals surface area contributed by atoms with Crippen molar-refractivity contribution >= 4 is 35.0 Å². The normalized spacial score (nSPS) is 15.1. The number of aromatic nitrogens is 1. The lowest BCUT2D eigenvalue weighted by Gasteiger charge is -2.29. The maximum atomic E-state index is 14.1.